The molecule has 0 unspecified atom stereocenters. The lowest BCUT2D eigenvalue weighted by Crippen LogP contribution is -2.26. The number of hydrogen-bond acceptors (Lipinski definition) is 5. The van der Waals surface area contributed by atoms with Gasteiger partial charge in [-0.3, -0.25) is 4.79 Å². The van der Waals surface area contributed by atoms with E-state index in [0.717, 1.165) is 22.9 Å². The quantitative estimate of drug-likeness (QED) is 0.770. The molecule has 0 fully saturated rings. The molecule has 2 aromatic rings. The van der Waals surface area contributed by atoms with Crippen LogP contribution in [0.2, 0.25) is 0 Å². The summed E-state index contributed by atoms with van der Waals surface area (Å²) in [5.74, 6) is -0.108. The number of anilines is 2. The number of methoxy groups -OCH3 is 1. The minimum atomic E-state index is -0.108. The molecule has 0 saturated carbocycles. The number of aryl methyl sites for hydroxylation is 2. The zero-order valence-electron chi connectivity index (χ0n) is 13.1. The molecule has 5 nitrogen and oxygen atoms in total. The van der Waals surface area contributed by atoms with Gasteiger partial charge in [-0.15, -0.1) is 0 Å². The van der Waals surface area contributed by atoms with Crippen LogP contribution in [0.15, 0.2) is 24.3 Å². The van der Waals surface area contributed by atoms with Crippen molar-refractivity contribution in [3.63, 3.8) is 0 Å². The van der Waals surface area contributed by atoms with Crippen LogP contribution in [0.4, 0.5) is 10.8 Å². The van der Waals surface area contributed by atoms with Crippen LogP contribution in [-0.2, 0) is 11.2 Å². The lowest BCUT2D eigenvalue weighted by Gasteiger charge is -2.07. The smallest absolute Gasteiger partial charge is 0.263 e. The van der Waals surface area contributed by atoms with Gasteiger partial charge in [-0.25, -0.2) is 4.98 Å². The molecule has 0 bridgehead atoms. The molecule has 6 heteroatoms. The first-order valence-corrected chi connectivity index (χ1v) is 8.06. The van der Waals surface area contributed by atoms with E-state index in [1.165, 1.54) is 16.9 Å². The second-order valence-electron chi connectivity index (χ2n) is 4.82. The van der Waals surface area contributed by atoms with Crippen molar-refractivity contribution < 1.29 is 9.53 Å². The number of ether oxygens (including phenoxy) is 1. The Morgan fingerprint density at radius 1 is 1.36 bits per heavy atom. The molecule has 1 aromatic carbocycles. The molecule has 0 aliphatic rings. The number of carbonyl (C=O) groups is 1. The van der Waals surface area contributed by atoms with Crippen LogP contribution in [0.3, 0.4) is 0 Å². The highest BCUT2D eigenvalue weighted by atomic mass is 32.1. The number of hydrogen-bond donors (Lipinski definition) is 2. The highest BCUT2D eigenvalue weighted by Gasteiger charge is 2.15. The predicted octanol–water partition coefficient (Wildman–Crippen LogP) is 3.13. The first kappa shape index (κ1) is 16.5. The standard InChI is InChI=1S/C16H21N3O2S/c1-4-12-7-5-6-8-13(12)19-16-18-11(2)14(22-16)15(20)17-9-10-21-3/h5-8H,4,9-10H2,1-3H3,(H,17,20)(H,18,19). The molecule has 1 heterocycles. The molecule has 2 rings (SSSR count). The van der Waals surface area contributed by atoms with Crippen LogP contribution >= 0.6 is 11.3 Å². The lowest BCUT2D eigenvalue weighted by molar-refractivity contribution is 0.0940. The van der Waals surface area contributed by atoms with Gasteiger partial charge in [-0.2, -0.15) is 0 Å². The third-order valence-electron chi connectivity index (χ3n) is 3.23. The Balaban J connectivity index is 2.10. The first-order chi connectivity index (χ1) is 10.7. The second kappa shape index (κ2) is 7.91. The van der Waals surface area contributed by atoms with Gasteiger partial charge >= 0.3 is 0 Å². The van der Waals surface area contributed by atoms with Gasteiger partial charge in [-0.1, -0.05) is 36.5 Å². The van der Waals surface area contributed by atoms with Gasteiger partial charge in [0, 0.05) is 19.3 Å². The highest BCUT2D eigenvalue weighted by molar-refractivity contribution is 7.17. The van der Waals surface area contributed by atoms with Gasteiger partial charge in [0.25, 0.3) is 5.91 Å². The fourth-order valence-electron chi connectivity index (χ4n) is 2.07. The summed E-state index contributed by atoms with van der Waals surface area (Å²) in [7, 11) is 1.61. The fraction of sp³-hybridized carbons (Fsp3) is 0.375. The molecule has 0 saturated heterocycles. The second-order valence-corrected chi connectivity index (χ2v) is 5.82. The van der Waals surface area contributed by atoms with Crippen LogP contribution in [0, 0.1) is 6.92 Å². The maximum atomic E-state index is 12.1. The maximum absolute atomic E-state index is 12.1. The molecular weight excluding hydrogens is 298 g/mol. The Kier molecular flexibility index (Phi) is 5.91. The third-order valence-corrected chi connectivity index (χ3v) is 4.31. The van der Waals surface area contributed by atoms with Crippen LogP contribution in [-0.4, -0.2) is 31.2 Å². The van der Waals surface area contributed by atoms with E-state index in [1.807, 2.05) is 25.1 Å². The monoisotopic (exact) mass is 319 g/mol. The van der Waals surface area contributed by atoms with Crippen molar-refractivity contribution in [1.82, 2.24) is 10.3 Å². The summed E-state index contributed by atoms with van der Waals surface area (Å²) < 4.78 is 4.93. The van der Waals surface area contributed by atoms with Crippen molar-refractivity contribution in [1.29, 1.82) is 0 Å². The van der Waals surface area contributed by atoms with Crippen LogP contribution in [0.5, 0.6) is 0 Å². The van der Waals surface area contributed by atoms with Gasteiger partial charge in [0.2, 0.25) is 0 Å². The molecule has 1 aromatic heterocycles. The summed E-state index contributed by atoms with van der Waals surface area (Å²) in [6, 6.07) is 8.11. The zero-order valence-corrected chi connectivity index (χ0v) is 13.9. The summed E-state index contributed by atoms with van der Waals surface area (Å²) in [4.78, 5) is 17.2. The van der Waals surface area contributed by atoms with Crippen LogP contribution in [0.1, 0.15) is 27.9 Å². The predicted molar refractivity (Wildman–Crippen MR) is 90.2 cm³/mol. The number of thiazole rings is 1. The molecule has 0 radical (unpaired) electrons. The van der Waals surface area contributed by atoms with E-state index in [9.17, 15) is 4.79 Å². The van der Waals surface area contributed by atoms with Crippen molar-refractivity contribution in [2.45, 2.75) is 20.3 Å². The number of rotatable bonds is 7. The van der Waals surface area contributed by atoms with Crippen LogP contribution in [0.25, 0.3) is 0 Å². The minimum absolute atomic E-state index is 0.108. The summed E-state index contributed by atoms with van der Waals surface area (Å²) in [5.41, 5.74) is 2.99. The Morgan fingerprint density at radius 2 is 2.14 bits per heavy atom. The number of carbonyl (C=O) groups excluding carboxylic acids is 1. The Labute approximate surface area is 134 Å². The van der Waals surface area contributed by atoms with Crippen molar-refractivity contribution in [2.24, 2.45) is 0 Å². The van der Waals surface area contributed by atoms with E-state index in [2.05, 4.69) is 28.6 Å². The molecule has 2 N–H and O–H groups in total. The molecule has 0 aliphatic carbocycles. The van der Waals surface area contributed by atoms with E-state index in [-0.39, 0.29) is 5.91 Å². The van der Waals surface area contributed by atoms with Gasteiger partial charge in [0.05, 0.1) is 12.3 Å². The average Bonchev–Trinajstić information content (AvgIpc) is 2.88. The third kappa shape index (κ3) is 4.05. The number of benzene rings is 1. The van der Waals surface area contributed by atoms with Gasteiger partial charge in [0.15, 0.2) is 5.13 Å². The van der Waals surface area contributed by atoms with E-state index < -0.39 is 0 Å². The van der Waals surface area contributed by atoms with E-state index in [0.29, 0.717) is 18.0 Å². The highest BCUT2D eigenvalue weighted by Crippen LogP contribution is 2.27. The van der Waals surface area contributed by atoms with E-state index >= 15 is 0 Å². The topological polar surface area (TPSA) is 63.2 Å². The van der Waals surface area contributed by atoms with Crippen molar-refractivity contribution in [2.75, 3.05) is 25.6 Å². The average molecular weight is 319 g/mol. The summed E-state index contributed by atoms with van der Waals surface area (Å²) in [6.45, 7) is 4.95. The van der Waals surface area contributed by atoms with Crippen LogP contribution < -0.4 is 10.6 Å². The van der Waals surface area contributed by atoms with Crippen molar-refractivity contribution >= 4 is 28.1 Å². The molecule has 1 amide bonds. The summed E-state index contributed by atoms with van der Waals surface area (Å²) in [5, 5.41) is 6.86. The normalized spacial score (nSPS) is 10.5. The van der Waals surface area contributed by atoms with Gasteiger partial charge in [0.1, 0.15) is 4.88 Å². The zero-order chi connectivity index (χ0) is 15.9. The lowest BCUT2D eigenvalue weighted by atomic mass is 10.1. The molecular formula is C16H21N3O2S. The Morgan fingerprint density at radius 3 is 2.86 bits per heavy atom. The molecule has 0 aliphatic heterocycles. The molecule has 118 valence electrons. The van der Waals surface area contributed by atoms with Gasteiger partial charge in [-0.05, 0) is 25.0 Å². The van der Waals surface area contributed by atoms with E-state index in [1.54, 1.807) is 7.11 Å². The van der Waals surface area contributed by atoms with Gasteiger partial charge < -0.3 is 15.4 Å². The number of aromatic nitrogens is 1. The summed E-state index contributed by atoms with van der Waals surface area (Å²) in [6.07, 6.45) is 0.942. The Bertz CT molecular complexity index is 640. The maximum Gasteiger partial charge on any atom is 0.263 e. The largest absolute Gasteiger partial charge is 0.383 e. The number of amides is 1. The van der Waals surface area contributed by atoms with Crippen molar-refractivity contribution in [3.8, 4) is 0 Å². The Hall–Kier alpha value is -1.92. The molecule has 0 atom stereocenters. The number of nitrogens with zero attached hydrogens (tertiary/aromatic N) is 1. The minimum Gasteiger partial charge on any atom is -0.383 e. The van der Waals surface area contributed by atoms with E-state index in [4.69, 9.17) is 4.74 Å². The van der Waals surface area contributed by atoms with Crippen molar-refractivity contribution in [3.05, 3.63) is 40.4 Å². The fourth-order valence-corrected chi connectivity index (χ4v) is 2.97. The number of para-hydroxylation sites is 1. The summed E-state index contributed by atoms with van der Waals surface area (Å²) >= 11 is 1.36. The first-order valence-electron chi connectivity index (χ1n) is 7.25. The molecule has 0 spiro atoms. The SMILES string of the molecule is CCc1ccccc1Nc1nc(C)c(C(=O)NCCOC)s1. The number of nitrogens with one attached hydrogen (secondary N) is 2. The molecule has 22 heavy (non-hydrogen) atoms.